The Hall–Kier alpha value is -1.20. The SMILES string of the molecule is CO[Si](OC)(OC(C)C)c1cccc2ccccc12. The molecule has 4 heteroatoms. The second kappa shape index (κ2) is 5.84. The van der Waals surface area contributed by atoms with E-state index in [-0.39, 0.29) is 6.10 Å². The Bertz CT molecular complexity index is 545. The summed E-state index contributed by atoms with van der Waals surface area (Å²) in [6.07, 6.45) is 0.0468. The monoisotopic (exact) mass is 276 g/mol. The second-order valence-electron chi connectivity index (χ2n) is 4.66. The summed E-state index contributed by atoms with van der Waals surface area (Å²) in [4.78, 5) is 0. The lowest BCUT2D eigenvalue weighted by Gasteiger charge is -2.29. The summed E-state index contributed by atoms with van der Waals surface area (Å²) in [5, 5.41) is 3.31. The first-order chi connectivity index (χ1) is 9.13. The average Bonchev–Trinajstić information content (AvgIpc) is 2.44. The van der Waals surface area contributed by atoms with Crippen molar-refractivity contribution in [2.75, 3.05) is 14.2 Å². The van der Waals surface area contributed by atoms with Crippen LogP contribution in [0, 0.1) is 0 Å². The summed E-state index contributed by atoms with van der Waals surface area (Å²) in [5.74, 6) is 0. The van der Waals surface area contributed by atoms with Gasteiger partial charge in [0.15, 0.2) is 0 Å². The first-order valence-corrected chi connectivity index (χ1v) is 8.12. The van der Waals surface area contributed by atoms with E-state index in [1.165, 1.54) is 5.39 Å². The zero-order valence-corrected chi connectivity index (χ0v) is 12.8. The van der Waals surface area contributed by atoms with Gasteiger partial charge in [-0.2, -0.15) is 0 Å². The summed E-state index contributed by atoms with van der Waals surface area (Å²) in [6.45, 7) is 3.98. The lowest BCUT2D eigenvalue weighted by molar-refractivity contribution is 0.0841. The van der Waals surface area contributed by atoms with Crippen molar-refractivity contribution in [1.29, 1.82) is 0 Å². The van der Waals surface area contributed by atoms with Crippen molar-refractivity contribution in [2.45, 2.75) is 20.0 Å². The van der Waals surface area contributed by atoms with E-state index in [2.05, 4.69) is 18.2 Å². The molecule has 0 amide bonds. The molecule has 0 atom stereocenters. The molecule has 0 aromatic heterocycles. The molecule has 0 spiro atoms. The molecule has 0 N–H and O–H groups in total. The average molecular weight is 276 g/mol. The number of fused-ring (bicyclic) bond motifs is 1. The maximum Gasteiger partial charge on any atom is 0.537 e. The van der Waals surface area contributed by atoms with Gasteiger partial charge in [0.2, 0.25) is 0 Å². The Kier molecular flexibility index (Phi) is 4.37. The molecule has 0 heterocycles. The van der Waals surface area contributed by atoms with Gasteiger partial charge in [-0.25, -0.2) is 0 Å². The van der Waals surface area contributed by atoms with Gasteiger partial charge in [0.25, 0.3) is 0 Å². The minimum Gasteiger partial charge on any atom is -0.373 e. The third-order valence-corrected chi connectivity index (χ3v) is 6.00. The van der Waals surface area contributed by atoms with E-state index in [0.717, 1.165) is 10.6 Å². The molecule has 0 saturated carbocycles. The Morgan fingerprint density at radius 3 is 2.16 bits per heavy atom. The van der Waals surface area contributed by atoms with Crippen molar-refractivity contribution in [1.82, 2.24) is 0 Å². The molecule has 2 aromatic rings. The maximum absolute atomic E-state index is 6.02. The molecule has 0 fully saturated rings. The summed E-state index contributed by atoms with van der Waals surface area (Å²) < 4.78 is 17.4. The third-order valence-electron chi connectivity index (χ3n) is 3.05. The van der Waals surface area contributed by atoms with Gasteiger partial charge >= 0.3 is 8.80 Å². The molecule has 102 valence electrons. The van der Waals surface area contributed by atoms with Crippen LogP contribution in [-0.2, 0) is 13.3 Å². The summed E-state index contributed by atoms with van der Waals surface area (Å²) >= 11 is 0. The van der Waals surface area contributed by atoms with Crippen LogP contribution in [-0.4, -0.2) is 29.1 Å². The maximum atomic E-state index is 6.02. The lowest BCUT2D eigenvalue weighted by atomic mass is 10.1. The highest BCUT2D eigenvalue weighted by Crippen LogP contribution is 2.18. The fourth-order valence-electron chi connectivity index (χ4n) is 2.27. The Morgan fingerprint density at radius 2 is 1.53 bits per heavy atom. The number of benzene rings is 2. The summed E-state index contributed by atoms with van der Waals surface area (Å²) in [6, 6.07) is 14.3. The van der Waals surface area contributed by atoms with E-state index in [1.54, 1.807) is 14.2 Å². The lowest BCUT2D eigenvalue weighted by Crippen LogP contribution is -2.56. The van der Waals surface area contributed by atoms with Gasteiger partial charge in [0, 0.05) is 25.5 Å². The van der Waals surface area contributed by atoms with Crippen molar-refractivity contribution in [3.8, 4) is 0 Å². The van der Waals surface area contributed by atoms with Crippen molar-refractivity contribution in [3.63, 3.8) is 0 Å². The normalized spacial score (nSPS) is 12.3. The van der Waals surface area contributed by atoms with Crippen LogP contribution >= 0.6 is 0 Å². The molecule has 0 saturated heterocycles. The van der Waals surface area contributed by atoms with Crippen molar-refractivity contribution >= 4 is 24.8 Å². The van der Waals surface area contributed by atoms with E-state index in [1.807, 2.05) is 38.1 Å². The summed E-state index contributed by atoms with van der Waals surface area (Å²) in [5.41, 5.74) is 0. The van der Waals surface area contributed by atoms with Gasteiger partial charge in [-0.1, -0.05) is 42.5 Å². The predicted octanol–water partition coefficient (Wildman–Crippen LogP) is 2.70. The quantitative estimate of drug-likeness (QED) is 0.786. The Balaban J connectivity index is 2.62. The Labute approximate surface area is 115 Å². The van der Waals surface area contributed by atoms with E-state index >= 15 is 0 Å². The second-order valence-corrected chi connectivity index (χ2v) is 7.36. The molecule has 2 aromatic carbocycles. The van der Waals surface area contributed by atoms with Gasteiger partial charge in [-0.05, 0) is 24.6 Å². The topological polar surface area (TPSA) is 27.7 Å². The smallest absolute Gasteiger partial charge is 0.373 e. The fraction of sp³-hybridized carbons (Fsp3) is 0.333. The van der Waals surface area contributed by atoms with E-state index in [9.17, 15) is 0 Å². The van der Waals surface area contributed by atoms with Crippen LogP contribution in [0.25, 0.3) is 10.8 Å². The molecule has 0 aliphatic carbocycles. The van der Waals surface area contributed by atoms with Gasteiger partial charge < -0.3 is 13.3 Å². The van der Waals surface area contributed by atoms with Crippen LogP contribution in [0.3, 0.4) is 0 Å². The molecule has 0 bridgehead atoms. The van der Waals surface area contributed by atoms with Gasteiger partial charge in [0.1, 0.15) is 0 Å². The predicted molar refractivity (Wildman–Crippen MR) is 79.6 cm³/mol. The van der Waals surface area contributed by atoms with Gasteiger partial charge in [-0.3, -0.25) is 0 Å². The number of hydrogen-bond acceptors (Lipinski definition) is 3. The molecule has 0 radical (unpaired) electrons. The molecule has 19 heavy (non-hydrogen) atoms. The third kappa shape index (κ3) is 2.72. The molecule has 0 aliphatic rings. The first kappa shape index (κ1) is 14.2. The summed E-state index contributed by atoms with van der Waals surface area (Å²) in [7, 11) is 0.458. The van der Waals surface area contributed by atoms with Crippen LogP contribution in [0.2, 0.25) is 0 Å². The molecule has 3 nitrogen and oxygen atoms in total. The number of rotatable bonds is 5. The highest BCUT2D eigenvalue weighted by Gasteiger charge is 2.44. The zero-order chi connectivity index (χ0) is 13.9. The molecule has 0 aliphatic heterocycles. The van der Waals surface area contributed by atoms with Gasteiger partial charge in [-0.15, -0.1) is 0 Å². The molecular weight excluding hydrogens is 256 g/mol. The highest BCUT2D eigenvalue weighted by atomic mass is 28.4. The first-order valence-electron chi connectivity index (χ1n) is 6.39. The van der Waals surface area contributed by atoms with Crippen LogP contribution in [0.4, 0.5) is 0 Å². The van der Waals surface area contributed by atoms with E-state index in [0.29, 0.717) is 0 Å². The van der Waals surface area contributed by atoms with Crippen molar-refractivity contribution in [3.05, 3.63) is 42.5 Å². The molecular formula is C15H20O3Si. The van der Waals surface area contributed by atoms with E-state index in [4.69, 9.17) is 13.3 Å². The standard InChI is InChI=1S/C15H20O3Si/c1-12(2)18-19(16-3,17-4)15-11-7-9-13-8-5-6-10-14(13)15/h5-12H,1-4H3. The number of hydrogen-bond donors (Lipinski definition) is 0. The minimum absolute atomic E-state index is 0.0468. The zero-order valence-electron chi connectivity index (χ0n) is 11.8. The Morgan fingerprint density at radius 1 is 0.895 bits per heavy atom. The minimum atomic E-state index is -2.85. The van der Waals surface area contributed by atoms with Crippen molar-refractivity contribution < 1.29 is 13.3 Å². The fourth-order valence-corrected chi connectivity index (χ4v) is 4.67. The van der Waals surface area contributed by atoms with Crippen LogP contribution in [0.5, 0.6) is 0 Å². The van der Waals surface area contributed by atoms with Gasteiger partial charge in [0.05, 0.1) is 0 Å². The highest BCUT2D eigenvalue weighted by molar-refractivity contribution is 6.77. The van der Waals surface area contributed by atoms with E-state index < -0.39 is 8.80 Å². The molecule has 0 unspecified atom stereocenters. The van der Waals surface area contributed by atoms with Crippen LogP contribution in [0.15, 0.2) is 42.5 Å². The molecule has 2 rings (SSSR count). The largest absolute Gasteiger partial charge is 0.537 e. The van der Waals surface area contributed by atoms with Crippen molar-refractivity contribution in [2.24, 2.45) is 0 Å². The van der Waals surface area contributed by atoms with Crippen LogP contribution in [0.1, 0.15) is 13.8 Å². The van der Waals surface area contributed by atoms with Crippen LogP contribution < -0.4 is 5.19 Å².